The highest BCUT2D eigenvalue weighted by Gasteiger charge is 2.26. The monoisotopic (exact) mass is 251 g/mol. The molecule has 1 aromatic rings. The van der Waals surface area contributed by atoms with Crippen LogP contribution in [0.3, 0.4) is 0 Å². The molecule has 0 aliphatic carbocycles. The molecule has 1 heterocycles. The quantitative estimate of drug-likeness (QED) is 0.785. The van der Waals surface area contributed by atoms with Gasteiger partial charge in [0.25, 0.3) is 5.91 Å². The summed E-state index contributed by atoms with van der Waals surface area (Å²) in [5.41, 5.74) is 1.96. The molecule has 0 N–H and O–H groups in total. The summed E-state index contributed by atoms with van der Waals surface area (Å²) in [6, 6.07) is 5.64. The Morgan fingerprint density at radius 3 is 2.82 bits per heavy atom. The Hall–Kier alpha value is -1.02. The molecule has 1 aliphatic rings. The SMILES string of the molecule is CCC1CCN(CC)C(=O)c2ccc(Cl)cc21. The van der Waals surface area contributed by atoms with Crippen LogP contribution in [0.15, 0.2) is 18.2 Å². The Bertz CT molecular complexity index is 430. The highest BCUT2D eigenvalue weighted by atomic mass is 35.5. The molecular formula is C14H18ClNO. The second-order valence-corrected chi connectivity index (χ2v) is 4.95. The van der Waals surface area contributed by atoms with Gasteiger partial charge in [0.15, 0.2) is 0 Å². The van der Waals surface area contributed by atoms with E-state index in [1.54, 1.807) is 0 Å². The molecule has 0 saturated heterocycles. The molecule has 0 radical (unpaired) electrons. The summed E-state index contributed by atoms with van der Waals surface area (Å²) in [6.07, 6.45) is 2.08. The molecule has 0 spiro atoms. The third kappa shape index (κ3) is 2.32. The maximum atomic E-state index is 12.3. The Kier molecular flexibility index (Phi) is 3.72. The first kappa shape index (κ1) is 12.4. The van der Waals surface area contributed by atoms with Crippen molar-refractivity contribution in [3.8, 4) is 0 Å². The van der Waals surface area contributed by atoms with E-state index < -0.39 is 0 Å². The number of nitrogens with zero attached hydrogens (tertiary/aromatic N) is 1. The first-order valence-corrected chi connectivity index (χ1v) is 6.63. The van der Waals surface area contributed by atoms with Gasteiger partial charge in [0.05, 0.1) is 0 Å². The number of fused-ring (bicyclic) bond motifs is 1. The lowest BCUT2D eigenvalue weighted by atomic mass is 9.90. The van der Waals surface area contributed by atoms with Crippen LogP contribution in [0, 0.1) is 0 Å². The van der Waals surface area contributed by atoms with Crippen molar-refractivity contribution in [2.75, 3.05) is 13.1 Å². The molecule has 0 fully saturated rings. The minimum Gasteiger partial charge on any atom is -0.339 e. The van der Waals surface area contributed by atoms with Gasteiger partial charge in [-0.1, -0.05) is 18.5 Å². The van der Waals surface area contributed by atoms with Crippen LogP contribution in [0.5, 0.6) is 0 Å². The third-order valence-corrected chi connectivity index (χ3v) is 3.83. The van der Waals surface area contributed by atoms with Gasteiger partial charge in [0, 0.05) is 23.7 Å². The number of rotatable bonds is 2. The molecule has 1 unspecified atom stereocenters. The Labute approximate surface area is 108 Å². The maximum absolute atomic E-state index is 12.3. The summed E-state index contributed by atoms with van der Waals surface area (Å²) in [6.45, 7) is 5.82. The number of hydrogen-bond donors (Lipinski definition) is 0. The summed E-state index contributed by atoms with van der Waals surface area (Å²) in [7, 11) is 0. The fourth-order valence-corrected chi connectivity index (χ4v) is 2.71. The van der Waals surface area contributed by atoms with Gasteiger partial charge in [-0.05, 0) is 49.4 Å². The van der Waals surface area contributed by atoms with Crippen LogP contribution < -0.4 is 0 Å². The summed E-state index contributed by atoms with van der Waals surface area (Å²) in [5.74, 6) is 0.597. The van der Waals surface area contributed by atoms with Crippen molar-refractivity contribution < 1.29 is 4.79 Å². The summed E-state index contributed by atoms with van der Waals surface area (Å²) >= 11 is 6.05. The van der Waals surface area contributed by atoms with Crippen LogP contribution in [-0.2, 0) is 0 Å². The highest BCUT2D eigenvalue weighted by Crippen LogP contribution is 2.32. The van der Waals surface area contributed by atoms with Gasteiger partial charge in [-0.25, -0.2) is 0 Å². The van der Waals surface area contributed by atoms with Gasteiger partial charge >= 0.3 is 0 Å². The van der Waals surface area contributed by atoms with Gasteiger partial charge < -0.3 is 4.90 Å². The molecule has 3 heteroatoms. The standard InChI is InChI=1S/C14H18ClNO/c1-3-10-7-8-16(4-2)14(17)12-6-5-11(15)9-13(10)12/h5-6,9-10H,3-4,7-8H2,1-2H3. The average Bonchev–Trinajstić information content (AvgIpc) is 2.46. The lowest BCUT2D eigenvalue weighted by Gasteiger charge is -2.18. The molecule has 1 aromatic carbocycles. The smallest absolute Gasteiger partial charge is 0.254 e. The largest absolute Gasteiger partial charge is 0.339 e. The Morgan fingerprint density at radius 2 is 2.18 bits per heavy atom. The van der Waals surface area contributed by atoms with Crippen LogP contribution in [-0.4, -0.2) is 23.9 Å². The van der Waals surface area contributed by atoms with E-state index in [1.165, 1.54) is 0 Å². The van der Waals surface area contributed by atoms with E-state index in [9.17, 15) is 4.79 Å². The average molecular weight is 252 g/mol. The van der Waals surface area contributed by atoms with E-state index in [4.69, 9.17) is 11.6 Å². The number of halogens is 1. The van der Waals surface area contributed by atoms with Crippen molar-refractivity contribution >= 4 is 17.5 Å². The summed E-state index contributed by atoms with van der Waals surface area (Å²) in [5, 5.41) is 0.722. The molecular weight excluding hydrogens is 234 g/mol. The molecule has 0 bridgehead atoms. The minimum absolute atomic E-state index is 0.148. The summed E-state index contributed by atoms with van der Waals surface area (Å²) in [4.78, 5) is 14.2. The van der Waals surface area contributed by atoms with Crippen LogP contribution in [0.25, 0.3) is 0 Å². The number of amides is 1. The predicted octanol–water partition coefficient (Wildman–Crippen LogP) is 3.70. The lowest BCUT2D eigenvalue weighted by molar-refractivity contribution is 0.0768. The zero-order chi connectivity index (χ0) is 12.4. The number of benzene rings is 1. The minimum atomic E-state index is 0.148. The van der Waals surface area contributed by atoms with E-state index in [0.29, 0.717) is 5.92 Å². The molecule has 1 amide bonds. The van der Waals surface area contributed by atoms with E-state index >= 15 is 0 Å². The molecule has 92 valence electrons. The van der Waals surface area contributed by atoms with Crippen LogP contribution in [0.2, 0.25) is 5.02 Å². The summed E-state index contributed by atoms with van der Waals surface area (Å²) < 4.78 is 0. The van der Waals surface area contributed by atoms with Crippen LogP contribution >= 0.6 is 11.6 Å². The molecule has 2 rings (SSSR count). The molecule has 17 heavy (non-hydrogen) atoms. The van der Waals surface area contributed by atoms with Gasteiger partial charge in [0.1, 0.15) is 0 Å². The van der Waals surface area contributed by atoms with E-state index in [2.05, 4.69) is 6.92 Å². The van der Waals surface area contributed by atoms with Crippen molar-refractivity contribution in [1.82, 2.24) is 4.90 Å². The first-order chi connectivity index (χ1) is 8.17. The van der Waals surface area contributed by atoms with Crippen LogP contribution in [0.4, 0.5) is 0 Å². The maximum Gasteiger partial charge on any atom is 0.254 e. The molecule has 1 atom stereocenters. The van der Waals surface area contributed by atoms with Crippen LogP contribution in [0.1, 0.15) is 48.5 Å². The van der Waals surface area contributed by atoms with Gasteiger partial charge in [0.2, 0.25) is 0 Å². The topological polar surface area (TPSA) is 20.3 Å². The van der Waals surface area contributed by atoms with Crippen molar-refractivity contribution in [3.05, 3.63) is 34.3 Å². The zero-order valence-electron chi connectivity index (χ0n) is 10.4. The Balaban J connectivity index is 2.49. The van der Waals surface area contributed by atoms with Crippen molar-refractivity contribution in [1.29, 1.82) is 0 Å². The number of carbonyl (C=O) groups excluding carboxylic acids is 1. The highest BCUT2D eigenvalue weighted by molar-refractivity contribution is 6.30. The molecule has 1 aliphatic heterocycles. The van der Waals surface area contributed by atoms with E-state index in [1.807, 2.05) is 30.0 Å². The van der Waals surface area contributed by atoms with Gasteiger partial charge in [-0.2, -0.15) is 0 Å². The second kappa shape index (κ2) is 5.09. The lowest BCUT2D eigenvalue weighted by Crippen LogP contribution is -2.30. The molecule has 2 nitrogen and oxygen atoms in total. The number of carbonyl (C=O) groups is 1. The van der Waals surface area contributed by atoms with Gasteiger partial charge in [-0.15, -0.1) is 0 Å². The fraction of sp³-hybridized carbons (Fsp3) is 0.500. The predicted molar refractivity (Wildman–Crippen MR) is 70.7 cm³/mol. The third-order valence-electron chi connectivity index (χ3n) is 3.59. The van der Waals surface area contributed by atoms with Gasteiger partial charge in [-0.3, -0.25) is 4.79 Å². The molecule has 0 aromatic heterocycles. The Morgan fingerprint density at radius 1 is 1.41 bits per heavy atom. The van der Waals surface area contributed by atoms with Crippen molar-refractivity contribution in [2.45, 2.75) is 32.6 Å². The van der Waals surface area contributed by atoms with Crippen molar-refractivity contribution in [3.63, 3.8) is 0 Å². The first-order valence-electron chi connectivity index (χ1n) is 6.26. The van der Waals surface area contributed by atoms with E-state index in [0.717, 1.165) is 42.1 Å². The van der Waals surface area contributed by atoms with E-state index in [-0.39, 0.29) is 5.91 Å². The normalized spacial score (nSPS) is 20.1. The fourth-order valence-electron chi connectivity index (χ4n) is 2.53. The molecule has 0 saturated carbocycles. The number of hydrogen-bond acceptors (Lipinski definition) is 1. The van der Waals surface area contributed by atoms with Crippen molar-refractivity contribution in [2.24, 2.45) is 0 Å². The second-order valence-electron chi connectivity index (χ2n) is 4.51. The zero-order valence-corrected chi connectivity index (χ0v) is 11.1.